The number of hydrogen-bond acceptors (Lipinski definition) is 10. The van der Waals surface area contributed by atoms with E-state index in [-0.39, 0.29) is 86.1 Å². The zero-order chi connectivity index (χ0) is 54.7. The summed E-state index contributed by atoms with van der Waals surface area (Å²) in [6.07, 6.45) is 1.55. The van der Waals surface area contributed by atoms with Crippen molar-refractivity contribution in [3.05, 3.63) is 107 Å². The number of carbonyl (C=O) groups is 8. The van der Waals surface area contributed by atoms with Crippen LogP contribution in [0.2, 0.25) is 0 Å². The number of rotatable bonds is 22. The molecule has 2 aliphatic rings. The number of hydrogen-bond donors (Lipinski definition) is 6. The molecule has 2 saturated heterocycles. The fourth-order valence-corrected chi connectivity index (χ4v) is 9.89. The van der Waals surface area contributed by atoms with Crippen LogP contribution in [-0.4, -0.2) is 132 Å². The van der Waals surface area contributed by atoms with Crippen molar-refractivity contribution >= 4 is 47.0 Å². The third-order valence-corrected chi connectivity index (χ3v) is 14.4. The highest BCUT2D eigenvalue weighted by atomic mass is 16.2. The molecule has 0 bridgehead atoms. The molecule has 2 aliphatic heterocycles. The summed E-state index contributed by atoms with van der Waals surface area (Å²) in [7, 11) is 3.31. The average Bonchev–Trinajstić information content (AvgIpc) is 3.98. The third-order valence-electron chi connectivity index (χ3n) is 14.4. The summed E-state index contributed by atoms with van der Waals surface area (Å²) in [5, 5.41) is 17.9. The number of likely N-dealkylation sites (N-methyl/N-ethyl adjacent to an activating group) is 2. The maximum atomic E-state index is 14.6. The molecule has 3 aromatic carbocycles. The van der Waals surface area contributed by atoms with Gasteiger partial charge in [-0.05, 0) is 107 Å². The zero-order valence-corrected chi connectivity index (χ0v) is 45.7. The molecule has 2 fully saturated rings. The topological polar surface area (TPSA) is 215 Å². The molecule has 2 heterocycles. The Morgan fingerprint density at radius 2 is 0.865 bits per heavy atom. The van der Waals surface area contributed by atoms with Gasteiger partial charge in [-0.3, -0.25) is 38.4 Å². The lowest BCUT2D eigenvalue weighted by Gasteiger charge is -2.36. The lowest BCUT2D eigenvalue weighted by molar-refractivity contribution is -0.144. The first kappa shape index (κ1) is 58.6. The predicted octanol–water partition coefficient (Wildman–Crippen LogP) is 5.04. The fraction of sp³-hybridized carbons (Fsp3) is 0.552. The molecular formula is C58H82N8O8. The van der Waals surface area contributed by atoms with Gasteiger partial charge in [-0.2, -0.15) is 0 Å². The summed E-state index contributed by atoms with van der Waals surface area (Å²) in [5.41, 5.74) is 1.24. The van der Waals surface area contributed by atoms with E-state index in [9.17, 15) is 38.4 Å². The second-order valence-electron chi connectivity index (χ2n) is 22.9. The van der Waals surface area contributed by atoms with E-state index in [1.54, 1.807) is 52.2 Å². The molecule has 0 spiro atoms. The molecule has 402 valence electrons. The number of Topliss-reactive ketones (excluding diaryl/α,β-unsaturated/α-hetero) is 2. The highest BCUT2D eigenvalue weighted by molar-refractivity contribution is 6.02. The molecule has 16 nitrogen and oxygen atoms in total. The predicted molar refractivity (Wildman–Crippen MR) is 287 cm³/mol. The third kappa shape index (κ3) is 15.9. The van der Waals surface area contributed by atoms with Gasteiger partial charge in [0.25, 0.3) is 0 Å². The molecule has 1 unspecified atom stereocenters. The van der Waals surface area contributed by atoms with Crippen molar-refractivity contribution in [3.8, 4) is 0 Å². The summed E-state index contributed by atoms with van der Waals surface area (Å²) in [6, 6.07) is 20.6. The molecule has 3 aromatic rings. The van der Waals surface area contributed by atoms with Crippen LogP contribution in [0.4, 0.5) is 0 Å². The molecule has 6 N–H and O–H groups in total. The highest BCUT2D eigenvalue weighted by Crippen LogP contribution is 2.34. The number of likely N-dealkylation sites (tertiary alicyclic amines) is 2. The first-order valence-corrected chi connectivity index (χ1v) is 26.2. The Balaban J connectivity index is 1.34. The second kappa shape index (κ2) is 25.8. The van der Waals surface area contributed by atoms with Crippen molar-refractivity contribution in [2.24, 2.45) is 22.7 Å². The SMILES string of the molecule is CN[C@@H](C)C(=O)N[C@H](C(=O)N1C[C@@H](CC(=O)c2cccc(C(=O)C[C@H]3C[C@@H](C(=O)N[C@H](C)Cc4ccccc4)N(C(=O)[C@@H](NC(=O)[C@H](C)NC)C(C)(C)C)C3)c2)C[C@H]1C(=O)NC(C)Cc1ccccc1)C(C)(C)C. The van der Waals surface area contributed by atoms with E-state index in [1.165, 1.54) is 9.80 Å². The van der Waals surface area contributed by atoms with Gasteiger partial charge in [-0.25, -0.2) is 0 Å². The minimum atomic E-state index is -0.967. The lowest BCUT2D eigenvalue weighted by atomic mass is 9.85. The van der Waals surface area contributed by atoms with Crippen molar-refractivity contribution in [2.45, 2.75) is 156 Å². The number of ketones is 2. The van der Waals surface area contributed by atoms with Crippen LogP contribution in [0, 0.1) is 22.7 Å². The second-order valence-corrected chi connectivity index (χ2v) is 22.9. The smallest absolute Gasteiger partial charge is 0.246 e. The minimum absolute atomic E-state index is 0.00807. The highest BCUT2D eigenvalue weighted by Gasteiger charge is 2.47. The molecule has 0 aliphatic carbocycles. The summed E-state index contributed by atoms with van der Waals surface area (Å²) in [5.74, 6) is -3.59. The van der Waals surface area contributed by atoms with E-state index in [0.717, 1.165) is 11.1 Å². The number of nitrogens with zero attached hydrogens (tertiary/aromatic N) is 2. The Kier molecular flexibility index (Phi) is 20.4. The number of benzene rings is 3. The summed E-state index contributed by atoms with van der Waals surface area (Å²) >= 11 is 0. The van der Waals surface area contributed by atoms with Gasteiger partial charge in [0.2, 0.25) is 35.4 Å². The monoisotopic (exact) mass is 1020 g/mol. The quantitative estimate of drug-likeness (QED) is 0.0738. The van der Waals surface area contributed by atoms with Crippen molar-refractivity contribution < 1.29 is 38.4 Å². The molecule has 0 aromatic heterocycles. The van der Waals surface area contributed by atoms with Gasteiger partial charge in [0.05, 0.1) is 12.1 Å². The molecule has 16 heteroatoms. The van der Waals surface area contributed by atoms with Crippen LogP contribution in [-0.2, 0) is 41.6 Å². The maximum Gasteiger partial charge on any atom is 0.246 e. The van der Waals surface area contributed by atoms with Crippen LogP contribution in [0.1, 0.15) is 127 Å². The zero-order valence-electron chi connectivity index (χ0n) is 45.7. The van der Waals surface area contributed by atoms with Crippen LogP contribution in [0.25, 0.3) is 0 Å². The van der Waals surface area contributed by atoms with Crippen molar-refractivity contribution in [2.75, 3.05) is 27.2 Å². The van der Waals surface area contributed by atoms with E-state index >= 15 is 0 Å². The normalized spacial score (nSPS) is 20.3. The molecule has 5 rings (SSSR count). The van der Waals surface area contributed by atoms with Gasteiger partial charge in [-0.15, -0.1) is 0 Å². The minimum Gasteiger partial charge on any atom is -0.352 e. The number of nitrogens with one attached hydrogen (secondary N) is 6. The summed E-state index contributed by atoms with van der Waals surface area (Å²) < 4.78 is 0. The first-order valence-electron chi connectivity index (χ1n) is 26.2. The van der Waals surface area contributed by atoms with Gasteiger partial charge < -0.3 is 41.7 Å². The van der Waals surface area contributed by atoms with Gasteiger partial charge in [0.15, 0.2) is 11.6 Å². The van der Waals surface area contributed by atoms with E-state index in [1.807, 2.05) is 116 Å². The van der Waals surface area contributed by atoms with Gasteiger partial charge in [0.1, 0.15) is 24.2 Å². The molecule has 10 atom stereocenters. The van der Waals surface area contributed by atoms with Crippen LogP contribution >= 0.6 is 0 Å². The van der Waals surface area contributed by atoms with E-state index in [4.69, 9.17) is 0 Å². The number of amides is 6. The maximum absolute atomic E-state index is 14.6. The van der Waals surface area contributed by atoms with Crippen LogP contribution in [0.3, 0.4) is 0 Å². The van der Waals surface area contributed by atoms with E-state index in [2.05, 4.69) is 31.9 Å². The molecule has 74 heavy (non-hydrogen) atoms. The van der Waals surface area contributed by atoms with Crippen molar-refractivity contribution in [1.82, 2.24) is 41.7 Å². The van der Waals surface area contributed by atoms with Crippen LogP contribution in [0.15, 0.2) is 84.9 Å². The summed E-state index contributed by atoms with van der Waals surface area (Å²) in [4.78, 5) is 115. The fourth-order valence-electron chi connectivity index (χ4n) is 9.89. The van der Waals surface area contributed by atoms with Crippen LogP contribution < -0.4 is 31.9 Å². The first-order chi connectivity index (χ1) is 34.8. The lowest BCUT2D eigenvalue weighted by Crippen LogP contribution is -2.59. The Hall–Kier alpha value is -6.26. The number of carbonyl (C=O) groups excluding carboxylic acids is 8. The molecule has 0 radical (unpaired) electrons. The van der Waals surface area contributed by atoms with E-state index < -0.39 is 70.7 Å². The average molecular weight is 1020 g/mol. The standard InChI is InChI=1S/C58H82N8O8/c1-35(26-39-20-15-13-16-21-39)61-53(71)45-28-41(33-65(45)55(73)49(57(5,6)7)63-51(69)37(3)59-11)30-47(67)43-24-19-25-44(32-43)48(68)31-42-29-46(54(72)62-36(2)27-40-22-17-14-18-23-40)66(34-42)56(74)50(58(8,9)10)64-52(70)38(4)60-12/h13-25,32,35-38,41-42,45-46,49-50,59-60H,26-31,33-34H2,1-12H3,(H,61,71)(H,62,72)(H,63,69)(H,64,70)/t35-,36?,37+,38+,41-,42-,45+,46+,49-,50-/m1/s1. The van der Waals surface area contributed by atoms with Crippen molar-refractivity contribution in [1.29, 1.82) is 0 Å². The van der Waals surface area contributed by atoms with Gasteiger partial charge in [0, 0.05) is 49.1 Å². The van der Waals surface area contributed by atoms with Gasteiger partial charge >= 0.3 is 0 Å². The largest absolute Gasteiger partial charge is 0.352 e. The molecular weight excluding hydrogens is 937 g/mol. The molecule has 0 saturated carbocycles. The Morgan fingerprint density at radius 3 is 1.19 bits per heavy atom. The van der Waals surface area contributed by atoms with Crippen molar-refractivity contribution in [3.63, 3.8) is 0 Å². The Morgan fingerprint density at radius 1 is 0.514 bits per heavy atom. The summed E-state index contributed by atoms with van der Waals surface area (Å²) in [6.45, 7) is 18.5. The Bertz CT molecular complexity index is 2290. The van der Waals surface area contributed by atoms with Crippen LogP contribution in [0.5, 0.6) is 0 Å². The van der Waals surface area contributed by atoms with Gasteiger partial charge in [-0.1, -0.05) is 120 Å². The molecule has 6 amide bonds. The van der Waals surface area contributed by atoms with E-state index in [0.29, 0.717) is 24.0 Å². The Labute approximate surface area is 438 Å².